The van der Waals surface area contributed by atoms with E-state index in [1.54, 1.807) is 24.0 Å². The van der Waals surface area contributed by atoms with Crippen molar-refractivity contribution in [3.8, 4) is 0 Å². The maximum absolute atomic E-state index is 13.3. The molecule has 0 radical (unpaired) electrons. The van der Waals surface area contributed by atoms with Crippen LogP contribution in [0.25, 0.3) is 0 Å². The highest BCUT2D eigenvalue weighted by Gasteiger charge is 2.47. The molecule has 2 saturated heterocycles. The molecule has 0 aliphatic carbocycles. The summed E-state index contributed by atoms with van der Waals surface area (Å²) in [6.07, 6.45) is 7.06. The third-order valence-corrected chi connectivity index (χ3v) is 9.81. The lowest BCUT2D eigenvalue weighted by molar-refractivity contribution is -0.152. The van der Waals surface area contributed by atoms with Crippen molar-refractivity contribution < 1.29 is 43.9 Å². The lowest BCUT2D eigenvalue weighted by Gasteiger charge is -2.38. The minimum atomic E-state index is -1.14. The van der Waals surface area contributed by atoms with Gasteiger partial charge in [-0.3, -0.25) is 4.79 Å². The molecule has 2 fully saturated rings. The molecule has 3 rings (SSSR count). The van der Waals surface area contributed by atoms with Crippen LogP contribution in [0.1, 0.15) is 80.6 Å². The SMILES string of the molecule is CCO[C@]1(C)CC[C@@H](O)CC(=O)O[C@H](/C(C)=C/C=C/[C@](C)(O)C[C@H]2O[C@@H]2[C@H](C)[C@@H](O)CC)[C@@H](C)/C=C/[C@@H]1OC(=O)N1CCN(C)CC1. The minimum absolute atomic E-state index is 0.00271. The van der Waals surface area contributed by atoms with Crippen LogP contribution in [0.15, 0.2) is 36.0 Å². The molecule has 10 atom stereocenters. The maximum Gasteiger partial charge on any atom is 0.410 e. The number of epoxide rings is 1. The second kappa shape index (κ2) is 17.4. The summed E-state index contributed by atoms with van der Waals surface area (Å²) >= 11 is 0. The summed E-state index contributed by atoms with van der Waals surface area (Å²) in [6, 6.07) is 0. The van der Waals surface area contributed by atoms with E-state index in [2.05, 4.69) is 4.90 Å². The topological polar surface area (TPSA) is 142 Å². The Kier molecular flexibility index (Phi) is 14.5. The molecular weight excluding hydrogens is 604 g/mol. The van der Waals surface area contributed by atoms with Crippen LogP contribution in [0.4, 0.5) is 4.79 Å². The van der Waals surface area contributed by atoms with Crippen LogP contribution in [0, 0.1) is 11.8 Å². The zero-order valence-electron chi connectivity index (χ0n) is 29.8. The van der Waals surface area contributed by atoms with Gasteiger partial charge in [0.25, 0.3) is 0 Å². The van der Waals surface area contributed by atoms with Crippen LogP contribution in [0.3, 0.4) is 0 Å². The van der Waals surface area contributed by atoms with Gasteiger partial charge in [-0.1, -0.05) is 45.1 Å². The number of amides is 1. The predicted octanol–water partition coefficient (Wildman–Crippen LogP) is 4.00. The van der Waals surface area contributed by atoms with Crippen molar-refractivity contribution in [3.05, 3.63) is 36.0 Å². The first-order valence-electron chi connectivity index (χ1n) is 17.3. The van der Waals surface area contributed by atoms with Crippen molar-refractivity contribution in [2.24, 2.45) is 11.8 Å². The Morgan fingerprint density at radius 3 is 2.55 bits per heavy atom. The quantitative estimate of drug-likeness (QED) is 0.128. The van der Waals surface area contributed by atoms with E-state index < -0.39 is 47.7 Å². The third-order valence-electron chi connectivity index (χ3n) is 9.81. The van der Waals surface area contributed by atoms with Gasteiger partial charge in [-0.05, 0) is 65.7 Å². The minimum Gasteiger partial charge on any atom is -0.457 e. The van der Waals surface area contributed by atoms with Gasteiger partial charge >= 0.3 is 12.1 Å². The van der Waals surface area contributed by atoms with Crippen LogP contribution >= 0.6 is 0 Å². The van der Waals surface area contributed by atoms with Crippen LogP contribution in [0.5, 0.6) is 0 Å². The molecule has 11 heteroatoms. The fraction of sp³-hybridized carbons (Fsp3) is 0.778. The molecule has 11 nitrogen and oxygen atoms in total. The lowest BCUT2D eigenvalue weighted by atomic mass is 9.88. The maximum atomic E-state index is 13.3. The van der Waals surface area contributed by atoms with Gasteiger partial charge in [0.15, 0.2) is 6.10 Å². The zero-order valence-corrected chi connectivity index (χ0v) is 29.8. The van der Waals surface area contributed by atoms with E-state index in [1.165, 1.54) is 0 Å². The highest BCUT2D eigenvalue weighted by atomic mass is 16.6. The first kappa shape index (κ1) is 39.2. The normalized spacial score (nSPS) is 34.8. The molecule has 3 N–H and O–H groups in total. The third kappa shape index (κ3) is 11.7. The van der Waals surface area contributed by atoms with Gasteiger partial charge in [0.2, 0.25) is 0 Å². The summed E-state index contributed by atoms with van der Waals surface area (Å²) in [5.41, 5.74) is -1.33. The molecule has 3 aliphatic heterocycles. The first-order chi connectivity index (χ1) is 22.1. The number of esters is 1. The summed E-state index contributed by atoms with van der Waals surface area (Å²) in [5, 5.41) is 32.0. The van der Waals surface area contributed by atoms with Crippen molar-refractivity contribution in [1.29, 1.82) is 0 Å². The van der Waals surface area contributed by atoms with Gasteiger partial charge in [-0.2, -0.15) is 0 Å². The Balaban J connectivity index is 1.79. The highest BCUT2D eigenvalue weighted by Crippen LogP contribution is 2.37. The average Bonchev–Trinajstić information content (AvgIpc) is 3.77. The van der Waals surface area contributed by atoms with Crippen molar-refractivity contribution in [3.63, 3.8) is 0 Å². The number of carbonyl (C=O) groups is 2. The molecular formula is C36H60N2O9. The van der Waals surface area contributed by atoms with Gasteiger partial charge in [-0.15, -0.1) is 0 Å². The Hall–Kier alpha value is -2.28. The lowest BCUT2D eigenvalue weighted by Crippen LogP contribution is -2.51. The van der Waals surface area contributed by atoms with Crippen LogP contribution in [0.2, 0.25) is 0 Å². The number of hydrogen-bond acceptors (Lipinski definition) is 10. The number of nitrogens with zero attached hydrogens (tertiary/aromatic N) is 2. The molecule has 47 heavy (non-hydrogen) atoms. The van der Waals surface area contributed by atoms with Gasteiger partial charge < -0.3 is 44.1 Å². The molecule has 268 valence electrons. The number of aliphatic hydroxyl groups excluding tert-OH is 2. The van der Waals surface area contributed by atoms with Crippen LogP contribution in [-0.2, 0) is 23.7 Å². The summed E-state index contributed by atoms with van der Waals surface area (Å²) in [4.78, 5) is 30.1. The highest BCUT2D eigenvalue weighted by molar-refractivity contribution is 5.70. The van der Waals surface area contributed by atoms with Gasteiger partial charge in [0.1, 0.15) is 11.7 Å². The largest absolute Gasteiger partial charge is 0.457 e. The second-order valence-corrected chi connectivity index (χ2v) is 14.2. The van der Waals surface area contributed by atoms with Crippen LogP contribution in [-0.4, -0.2) is 125 Å². The average molecular weight is 665 g/mol. The number of allylic oxidation sites excluding steroid dienone is 2. The number of carbonyl (C=O) groups excluding carboxylic acids is 2. The fourth-order valence-electron chi connectivity index (χ4n) is 6.45. The number of hydrogen-bond donors (Lipinski definition) is 3. The van der Waals surface area contributed by atoms with Gasteiger partial charge in [0.05, 0.1) is 36.4 Å². The standard InChI is InChI=1S/C36H60N2O9/c1-9-28(40)26(5)33-29(45-33)23-35(6,43)16-11-12-24(3)32-25(4)13-14-30(46-34(42)38-20-18-37(8)19-21-38)36(7,44-10-2)17-15-27(39)22-31(41)47-32/h11-14,16,25-30,32-33,39-40,43H,9-10,15,17-23H2,1-8H3/b14-13+,16-11+,24-12+/t25-,26+,27+,28-,29+,30-,32+,33+,35-,36+/m0/s1. The first-order valence-corrected chi connectivity index (χ1v) is 17.3. The van der Waals surface area contributed by atoms with Crippen molar-refractivity contribution in [2.45, 2.75) is 128 Å². The molecule has 0 bridgehead atoms. The smallest absolute Gasteiger partial charge is 0.410 e. The predicted molar refractivity (Wildman–Crippen MR) is 180 cm³/mol. The summed E-state index contributed by atoms with van der Waals surface area (Å²) < 4.78 is 24.0. The molecule has 0 aromatic heterocycles. The Bertz CT molecular complexity index is 1120. The van der Waals surface area contributed by atoms with Crippen molar-refractivity contribution in [1.82, 2.24) is 9.80 Å². The van der Waals surface area contributed by atoms with Gasteiger partial charge in [0, 0.05) is 51.0 Å². The van der Waals surface area contributed by atoms with E-state index in [0.717, 1.165) is 18.7 Å². The van der Waals surface area contributed by atoms with E-state index in [4.69, 9.17) is 18.9 Å². The Morgan fingerprint density at radius 1 is 1.23 bits per heavy atom. The van der Waals surface area contributed by atoms with Crippen molar-refractivity contribution in [2.75, 3.05) is 39.8 Å². The number of aliphatic hydroxyl groups is 3. The molecule has 0 spiro atoms. The second-order valence-electron chi connectivity index (χ2n) is 14.2. The molecule has 3 heterocycles. The molecule has 0 saturated carbocycles. The number of rotatable bonds is 11. The Labute approximate surface area is 281 Å². The summed E-state index contributed by atoms with van der Waals surface area (Å²) in [6.45, 7) is 16.2. The number of piperazine rings is 1. The van der Waals surface area contributed by atoms with E-state index in [-0.39, 0.29) is 36.9 Å². The number of ether oxygens (including phenoxy) is 4. The van der Waals surface area contributed by atoms with Gasteiger partial charge in [-0.25, -0.2) is 4.79 Å². The molecule has 0 aromatic rings. The summed E-state index contributed by atoms with van der Waals surface area (Å²) in [5.74, 6) is -0.830. The van der Waals surface area contributed by atoms with E-state index in [1.807, 2.05) is 66.8 Å². The van der Waals surface area contributed by atoms with E-state index in [9.17, 15) is 24.9 Å². The van der Waals surface area contributed by atoms with Crippen molar-refractivity contribution >= 4 is 12.1 Å². The fourth-order valence-corrected chi connectivity index (χ4v) is 6.45. The zero-order chi connectivity index (χ0) is 34.9. The molecule has 3 aliphatic rings. The number of cyclic esters (lactones) is 1. The molecule has 1 amide bonds. The van der Waals surface area contributed by atoms with Crippen LogP contribution < -0.4 is 0 Å². The van der Waals surface area contributed by atoms with E-state index in [0.29, 0.717) is 39.0 Å². The van der Waals surface area contributed by atoms with E-state index >= 15 is 0 Å². The molecule has 0 unspecified atom stereocenters. The number of likely N-dealkylation sites (N-methyl/N-ethyl adjacent to an activating group) is 1. The Morgan fingerprint density at radius 2 is 1.91 bits per heavy atom. The summed E-state index contributed by atoms with van der Waals surface area (Å²) in [7, 11) is 2.02. The monoisotopic (exact) mass is 664 g/mol. The molecule has 0 aromatic carbocycles.